The van der Waals surface area contributed by atoms with Gasteiger partial charge in [0.15, 0.2) is 0 Å². The average molecular weight is 575 g/mol. The van der Waals surface area contributed by atoms with Gasteiger partial charge < -0.3 is 10.0 Å². The van der Waals surface area contributed by atoms with Crippen LogP contribution in [0.15, 0.2) is 53.6 Å². The van der Waals surface area contributed by atoms with Crippen LogP contribution in [0.25, 0.3) is 11.0 Å². The Kier molecular flexibility index (Phi) is 7.03. The molecule has 2 aromatic carbocycles. The first-order valence-corrected chi connectivity index (χ1v) is 15.5. The molecule has 1 N–H and O–H groups in total. The number of anilines is 1. The van der Waals surface area contributed by atoms with Crippen molar-refractivity contribution in [3.8, 4) is 0 Å². The van der Waals surface area contributed by atoms with Gasteiger partial charge in [-0.1, -0.05) is 29.5 Å². The number of carboxylic acid groups (broad SMARTS) is 1. The minimum absolute atomic E-state index is 0.0649. The van der Waals surface area contributed by atoms with E-state index in [-0.39, 0.29) is 23.9 Å². The summed E-state index contributed by atoms with van der Waals surface area (Å²) in [7, 11) is -3.79. The molecule has 0 saturated carbocycles. The summed E-state index contributed by atoms with van der Waals surface area (Å²) in [6.07, 6.45) is 3.45. The quantitative estimate of drug-likeness (QED) is 0.348. The van der Waals surface area contributed by atoms with Crippen molar-refractivity contribution in [2.45, 2.75) is 70.0 Å². The third-order valence-electron chi connectivity index (χ3n) is 8.59. The van der Waals surface area contributed by atoms with Gasteiger partial charge in [-0.15, -0.1) is 5.10 Å². The van der Waals surface area contributed by atoms with Crippen LogP contribution < -0.4 is 4.90 Å². The second-order valence-corrected chi connectivity index (χ2v) is 12.9. The average Bonchev–Trinajstić information content (AvgIpc) is 3.58. The Bertz CT molecular complexity index is 1750. The van der Waals surface area contributed by atoms with Crippen molar-refractivity contribution in [3.63, 3.8) is 0 Å². The van der Waals surface area contributed by atoms with E-state index >= 15 is 0 Å². The van der Waals surface area contributed by atoms with Crippen LogP contribution in [-0.4, -0.2) is 62.9 Å². The molecule has 2 atom stereocenters. The predicted octanol–water partition coefficient (Wildman–Crippen LogP) is 4.24. The monoisotopic (exact) mass is 574 g/mol. The van der Waals surface area contributed by atoms with Gasteiger partial charge in [0, 0.05) is 44.3 Å². The van der Waals surface area contributed by atoms with Crippen LogP contribution in [0.4, 0.5) is 5.82 Å². The van der Waals surface area contributed by atoms with Gasteiger partial charge in [0.25, 0.3) is 0 Å². The Balaban J connectivity index is 1.40. The number of nitrogens with zero attached hydrogens (tertiary/aromatic N) is 6. The molecule has 0 unspecified atom stereocenters. The van der Waals surface area contributed by atoms with E-state index in [0.29, 0.717) is 18.9 Å². The lowest BCUT2D eigenvalue weighted by Gasteiger charge is -2.26. The number of aromatic nitrogens is 4. The lowest BCUT2D eigenvalue weighted by molar-refractivity contribution is -0.137. The molecular formula is C30H34N6O4S. The largest absolute Gasteiger partial charge is 0.481 e. The molecule has 11 heteroatoms. The fraction of sp³-hybridized carbons (Fsp3) is 0.400. The highest BCUT2D eigenvalue weighted by Gasteiger charge is 2.40. The molecule has 6 rings (SSSR count). The SMILES string of the molecule is CCn1nnc2c(C)c([C@H](CC(=O)O)c3ccc(C)c(CN4C[C@H]5CCCN5c5ncccc5S4(=O)=O)c3)ccc21. The molecule has 2 aromatic heterocycles. The molecule has 4 heterocycles. The molecular weight excluding hydrogens is 540 g/mol. The van der Waals surface area contributed by atoms with Gasteiger partial charge in [0.05, 0.1) is 11.9 Å². The van der Waals surface area contributed by atoms with Crippen molar-refractivity contribution in [1.29, 1.82) is 0 Å². The number of benzene rings is 2. The van der Waals surface area contributed by atoms with Crippen molar-refractivity contribution < 1.29 is 18.3 Å². The summed E-state index contributed by atoms with van der Waals surface area (Å²) in [5, 5.41) is 18.5. The third-order valence-corrected chi connectivity index (χ3v) is 10.4. The Morgan fingerprint density at radius 1 is 1.17 bits per heavy atom. The van der Waals surface area contributed by atoms with Gasteiger partial charge in [-0.25, -0.2) is 18.1 Å². The van der Waals surface area contributed by atoms with Crippen LogP contribution in [0.2, 0.25) is 0 Å². The molecule has 0 amide bonds. The van der Waals surface area contributed by atoms with E-state index in [1.54, 1.807) is 22.6 Å². The van der Waals surface area contributed by atoms with Crippen LogP contribution in [0.1, 0.15) is 59.9 Å². The first-order chi connectivity index (χ1) is 19.7. The maximum Gasteiger partial charge on any atom is 0.304 e. The zero-order chi connectivity index (χ0) is 28.9. The van der Waals surface area contributed by atoms with E-state index in [4.69, 9.17) is 0 Å². The maximum absolute atomic E-state index is 13.9. The minimum atomic E-state index is -3.79. The van der Waals surface area contributed by atoms with Crippen LogP contribution in [0.5, 0.6) is 0 Å². The number of hydrogen-bond donors (Lipinski definition) is 1. The molecule has 0 aliphatic carbocycles. The van der Waals surface area contributed by atoms with E-state index in [2.05, 4.69) is 20.2 Å². The summed E-state index contributed by atoms with van der Waals surface area (Å²) in [6, 6.07) is 13.2. The number of aliphatic carboxylic acids is 1. The van der Waals surface area contributed by atoms with E-state index in [1.807, 2.05) is 55.8 Å². The van der Waals surface area contributed by atoms with Gasteiger partial charge in [-0.05, 0) is 79.6 Å². The summed E-state index contributed by atoms with van der Waals surface area (Å²) in [4.78, 5) is 18.9. The topological polar surface area (TPSA) is 122 Å². The van der Waals surface area contributed by atoms with Crippen molar-refractivity contribution in [3.05, 3.63) is 76.5 Å². The van der Waals surface area contributed by atoms with Gasteiger partial charge in [0.2, 0.25) is 10.0 Å². The number of carbonyl (C=O) groups is 1. The Hall–Kier alpha value is -3.83. The lowest BCUT2D eigenvalue weighted by atomic mass is 9.84. The number of hydrogen-bond acceptors (Lipinski definition) is 7. The molecule has 10 nitrogen and oxygen atoms in total. The standard InChI is InChI=1S/C30H34N6O4S/c1-4-36-26-12-11-24(20(3)29(26)32-33-36)25(16-28(37)38)21-10-9-19(2)22(15-21)17-34-18-23-7-6-14-35(23)30-27(41(34,39)40)8-5-13-31-30/h5,8-13,15,23,25H,4,6-7,14,16-18H2,1-3H3,(H,37,38)/t23-,25-/m1/s1. The smallest absolute Gasteiger partial charge is 0.304 e. The normalized spacial score (nSPS) is 19.1. The van der Waals surface area contributed by atoms with Crippen molar-refractivity contribution in [1.82, 2.24) is 24.3 Å². The summed E-state index contributed by atoms with van der Waals surface area (Å²) >= 11 is 0. The third kappa shape index (κ3) is 4.76. The molecule has 2 aliphatic rings. The fourth-order valence-electron chi connectivity index (χ4n) is 6.37. The molecule has 4 aromatic rings. The highest BCUT2D eigenvalue weighted by atomic mass is 32.2. The highest BCUT2D eigenvalue weighted by Crippen LogP contribution is 2.38. The number of pyridine rings is 1. The maximum atomic E-state index is 13.9. The highest BCUT2D eigenvalue weighted by molar-refractivity contribution is 7.89. The van der Waals surface area contributed by atoms with Crippen LogP contribution in [0, 0.1) is 13.8 Å². The fourth-order valence-corrected chi connectivity index (χ4v) is 7.98. The van der Waals surface area contributed by atoms with Crippen molar-refractivity contribution >= 4 is 32.8 Å². The summed E-state index contributed by atoms with van der Waals surface area (Å²) in [5.41, 5.74) is 6.09. The zero-order valence-electron chi connectivity index (χ0n) is 23.5. The summed E-state index contributed by atoms with van der Waals surface area (Å²) in [6.45, 7) is 7.98. The lowest BCUT2D eigenvalue weighted by Crippen LogP contribution is -2.39. The molecule has 1 fully saturated rings. The van der Waals surface area contributed by atoms with Crippen LogP contribution in [-0.2, 0) is 27.9 Å². The second-order valence-electron chi connectivity index (χ2n) is 11.0. The van der Waals surface area contributed by atoms with Gasteiger partial charge in [-0.3, -0.25) is 4.79 Å². The van der Waals surface area contributed by atoms with Crippen molar-refractivity contribution in [2.75, 3.05) is 18.0 Å². The van der Waals surface area contributed by atoms with Crippen molar-refractivity contribution in [2.24, 2.45) is 0 Å². The Labute approximate surface area is 239 Å². The van der Waals surface area contributed by atoms with Crippen LogP contribution >= 0.6 is 0 Å². The number of sulfonamides is 1. The first-order valence-electron chi connectivity index (χ1n) is 14.0. The van der Waals surface area contributed by atoms with Crippen LogP contribution in [0.3, 0.4) is 0 Å². The summed E-state index contributed by atoms with van der Waals surface area (Å²) < 4.78 is 31.2. The Morgan fingerprint density at radius 3 is 2.78 bits per heavy atom. The molecule has 0 bridgehead atoms. The van der Waals surface area contributed by atoms with E-state index in [0.717, 1.165) is 58.2 Å². The van der Waals surface area contributed by atoms with E-state index < -0.39 is 21.9 Å². The molecule has 1 saturated heterocycles. The minimum Gasteiger partial charge on any atom is -0.481 e. The number of fused-ring (bicyclic) bond motifs is 4. The molecule has 0 spiro atoms. The number of carboxylic acids is 1. The molecule has 2 aliphatic heterocycles. The summed E-state index contributed by atoms with van der Waals surface area (Å²) in [5.74, 6) is -0.802. The molecule has 41 heavy (non-hydrogen) atoms. The zero-order valence-corrected chi connectivity index (χ0v) is 24.3. The first kappa shape index (κ1) is 27.3. The predicted molar refractivity (Wildman–Crippen MR) is 155 cm³/mol. The number of aryl methyl sites for hydroxylation is 3. The van der Waals surface area contributed by atoms with Gasteiger partial charge in [-0.2, -0.15) is 4.31 Å². The Morgan fingerprint density at radius 2 is 2.00 bits per heavy atom. The van der Waals surface area contributed by atoms with Gasteiger partial charge >= 0.3 is 5.97 Å². The number of rotatable bonds is 7. The molecule has 214 valence electrons. The molecule has 0 radical (unpaired) electrons. The van der Waals surface area contributed by atoms with E-state index in [1.165, 1.54) is 0 Å². The second kappa shape index (κ2) is 10.5. The van der Waals surface area contributed by atoms with E-state index in [9.17, 15) is 18.3 Å². The van der Waals surface area contributed by atoms with Gasteiger partial charge in [0.1, 0.15) is 16.2 Å².